The van der Waals surface area contributed by atoms with Crippen molar-refractivity contribution in [2.75, 3.05) is 42.9 Å². The predicted molar refractivity (Wildman–Crippen MR) is 123 cm³/mol. The Balaban J connectivity index is 1.40. The molecule has 4 rings (SSSR count). The minimum Gasteiger partial charge on any atom is -0.372 e. The summed E-state index contributed by atoms with van der Waals surface area (Å²) in [5.74, 6) is -0.633. The van der Waals surface area contributed by atoms with E-state index in [-0.39, 0.29) is 36.3 Å². The van der Waals surface area contributed by atoms with Gasteiger partial charge in [-0.05, 0) is 61.4 Å². The van der Waals surface area contributed by atoms with Gasteiger partial charge in [0.05, 0.1) is 11.4 Å². The molecule has 2 saturated heterocycles. The molecule has 0 atom stereocenters. The zero-order valence-electron chi connectivity index (χ0n) is 17.9. The van der Waals surface area contributed by atoms with E-state index < -0.39 is 10.0 Å². The maximum Gasteiger partial charge on any atom is 0.255 e. The lowest BCUT2D eigenvalue weighted by molar-refractivity contribution is -0.122. The number of anilines is 2. The van der Waals surface area contributed by atoms with Gasteiger partial charge in [0.1, 0.15) is 0 Å². The maximum atomic E-state index is 12.7. The Kier molecular flexibility index (Phi) is 6.76. The van der Waals surface area contributed by atoms with Gasteiger partial charge >= 0.3 is 0 Å². The zero-order chi connectivity index (χ0) is 22.6. The molecular formula is C23H28N4O4S. The number of piperazine rings is 1. The fraction of sp³-hybridized carbons (Fsp3) is 0.391. The van der Waals surface area contributed by atoms with Crippen molar-refractivity contribution in [3.8, 4) is 0 Å². The monoisotopic (exact) mass is 456 g/mol. The summed E-state index contributed by atoms with van der Waals surface area (Å²) in [4.78, 5) is 26.6. The van der Waals surface area contributed by atoms with Crippen molar-refractivity contribution in [3.05, 3.63) is 54.1 Å². The smallest absolute Gasteiger partial charge is 0.255 e. The van der Waals surface area contributed by atoms with Crippen LogP contribution in [0.4, 0.5) is 11.4 Å². The molecule has 0 unspecified atom stereocenters. The van der Waals surface area contributed by atoms with Crippen molar-refractivity contribution in [2.45, 2.75) is 30.6 Å². The maximum absolute atomic E-state index is 12.7. The molecule has 2 aliphatic heterocycles. The van der Waals surface area contributed by atoms with E-state index in [1.54, 1.807) is 0 Å². The van der Waals surface area contributed by atoms with Gasteiger partial charge in [0.2, 0.25) is 15.9 Å². The average Bonchev–Trinajstić information content (AvgIpc) is 3.09. The lowest BCUT2D eigenvalue weighted by Crippen LogP contribution is -2.49. The predicted octanol–water partition coefficient (Wildman–Crippen LogP) is 2.44. The highest BCUT2D eigenvalue weighted by Gasteiger charge is 2.29. The number of hydrogen-bond donors (Lipinski definition) is 2. The first-order valence-electron chi connectivity index (χ1n) is 11.0. The van der Waals surface area contributed by atoms with Crippen molar-refractivity contribution in [2.24, 2.45) is 0 Å². The molecule has 0 aliphatic carbocycles. The molecule has 32 heavy (non-hydrogen) atoms. The molecule has 2 amide bonds. The van der Waals surface area contributed by atoms with Gasteiger partial charge in [0.15, 0.2) is 0 Å². The summed E-state index contributed by atoms with van der Waals surface area (Å²) in [6.45, 7) is 2.43. The van der Waals surface area contributed by atoms with Gasteiger partial charge in [-0.2, -0.15) is 4.31 Å². The van der Waals surface area contributed by atoms with Crippen LogP contribution in [0.15, 0.2) is 53.4 Å². The van der Waals surface area contributed by atoms with Crippen molar-refractivity contribution in [3.63, 3.8) is 0 Å². The molecule has 9 heteroatoms. The minimum atomic E-state index is -3.78. The Morgan fingerprint density at radius 1 is 0.875 bits per heavy atom. The third-order valence-electron chi connectivity index (χ3n) is 5.85. The number of hydrogen-bond acceptors (Lipinski definition) is 5. The second-order valence-corrected chi connectivity index (χ2v) is 10.1. The highest BCUT2D eigenvalue weighted by Crippen LogP contribution is 2.22. The van der Waals surface area contributed by atoms with Crippen LogP contribution in [0.2, 0.25) is 0 Å². The second kappa shape index (κ2) is 9.70. The molecule has 0 bridgehead atoms. The van der Waals surface area contributed by atoms with Gasteiger partial charge in [-0.15, -0.1) is 0 Å². The third-order valence-corrected chi connectivity index (χ3v) is 7.71. The molecule has 2 fully saturated rings. The number of amides is 2. The fourth-order valence-electron chi connectivity index (χ4n) is 4.04. The largest absolute Gasteiger partial charge is 0.372 e. The van der Waals surface area contributed by atoms with Gasteiger partial charge in [-0.25, -0.2) is 8.42 Å². The molecule has 0 aromatic heterocycles. The molecule has 0 spiro atoms. The molecule has 2 aromatic carbocycles. The number of nitrogens with zero attached hydrogens (tertiary/aromatic N) is 2. The van der Waals surface area contributed by atoms with Crippen LogP contribution >= 0.6 is 0 Å². The highest BCUT2D eigenvalue weighted by atomic mass is 32.2. The van der Waals surface area contributed by atoms with Gasteiger partial charge in [0, 0.05) is 43.1 Å². The first-order chi connectivity index (χ1) is 15.4. The van der Waals surface area contributed by atoms with E-state index in [0.717, 1.165) is 23.1 Å². The number of nitrogens with one attached hydrogen (secondary N) is 2. The number of carbonyl (C=O) groups excluding carboxylic acids is 2. The van der Waals surface area contributed by atoms with Crippen LogP contribution in [0.1, 0.15) is 36.0 Å². The summed E-state index contributed by atoms with van der Waals surface area (Å²) < 4.78 is 26.6. The van der Waals surface area contributed by atoms with Crippen LogP contribution < -0.4 is 15.5 Å². The van der Waals surface area contributed by atoms with E-state index in [2.05, 4.69) is 15.5 Å². The molecule has 2 N–H and O–H groups in total. The molecular weight excluding hydrogens is 428 g/mol. The van der Waals surface area contributed by atoms with Crippen LogP contribution in [0, 0.1) is 0 Å². The Labute approximate surface area is 188 Å². The molecule has 2 heterocycles. The molecule has 170 valence electrons. The SMILES string of the molecule is O=C1CN(S(=O)(=O)c2ccc(C(=O)Nc3ccc(N4CCCCCC4)cc3)cc2)CCN1. The third kappa shape index (κ3) is 5.11. The second-order valence-electron chi connectivity index (χ2n) is 8.12. The molecule has 2 aliphatic rings. The normalized spacial score (nSPS) is 18.0. The average molecular weight is 457 g/mol. The summed E-state index contributed by atoms with van der Waals surface area (Å²) in [5, 5.41) is 5.46. The van der Waals surface area contributed by atoms with E-state index in [4.69, 9.17) is 0 Å². The van der Waals surface area contributed by atoms with Crippen LogP contribution in [-0.4, -0.2) is 57.3 Å². The van der Waals surface area contributed by atoms with E-state index in [0.29, 0.717) is 11.3 Å². The van der Waals surface area contributed by atoms with Crippen molar-refractivity contribution >= 4 is 33.2 Å². The highest BCUT2D eigenvalue weighted by molar-refractivity contribution is 7.89. The zero-order valence-corrected chi connectivity index (χ0v) is 18.7. The lowest BCUT2D eigenvalue weighted by atomic mass is 10.2. The van der Waals surface area contributed by atoms with E-state index in [1.807, 2.05) is 24.3 Å². The minimum absolute atomic E-state index is 0.0607. The lowest BCUT2D eigenvalue weighted by Gasteiger charge is -2.25. The van der Waals surface area contributed by atoms with E-state index in [1.165, 1.54) is 49.9 Å². The van der Waals surface area contributed by atoms with Crippen LogP contribution in [0.25, 0.3) is 0 Å². The van der Waals surface area contributed by atoms with Crippen molar-refractivity contribution < 1.29 is 18.0 Å². The van der Waals surface area contributed by atoms with Crippen molar-refractivity contribution in [1.29, 1.82) is 0 Å². The van der Waals surface area contributed by atoms with Gasteiger partial charge in [-0.1, -0.05) is 12.8 Å². The first kappa shape index (κ1) is 22.3. The first-order valence-corrected chi connectivity index (χ1v) is 12.4. The van der Waals surface area contributed by atoms with Crippen LogP contribution in [0.5, 0.6) is 0 Å². The van der Waals surface area contributed by atoms with E-state index in [9.17, 15) is 18.0 Å². The number of rotatable bonds is 5. The number of benzene rings is 2. The summed E-state index contributed by atoms with van der Waals surface area (Å²) in [6.07, 6.45) is 4.96. The Hall–Kier alpha value is -2.91. The van der Waals surface area contributed by atoms with Gasteiger partial charge < -0.3 is 15.5 Å². The molecule has 0 saturated carbocycles. The summed E-state index contributed by atoms with van der Waals surface area (Å²) in [5.41, 5.74) is 2.20. The van der Waals surface area contributed by atoms with Gasteiger partial charge in [-0.3, -0.25) is 9.59 Å². The topological polar surface area (TPSA) is 98.8 Å². The Bertz CT molecular complexity index is 1060. The Morgan fingerprint density at radius 2 is 1.53 bits per heavy atom. The molecule has 8 nitrogen and oxygen atoms in total. The standard InChI is InChI=1S/C23H28N4O4S/c28-22-17-27(16-13-24-22)32(30,31)21-11-5-18(6-12-21)23(29)25-19-7-9-20(10-8-19)26-14-3-1-2-4-15-26/h5-12H,1-4,13-17H2,(H,24,28)(H,25,29). The van der Waals surface area contributed by atoms with Gasteiger partial charge in [0.25, 0.3) is 5.91 Å². The van der Waals surface area contributed by atoms with Crippen LogP contribution in [-0.2, 0) is 14.8 Å². The molecule has 2 aromatic rings. The summed E-state index contributed by atoms with van der Waals surface area (Å²) >= 11 is 0. The van der Waals surface area contributed by atoms with Crippen molar-refractivity contribution in [1.82, 2.24) is 9.62 Å². The Morgan fingerprint density at radius 3 is 2.16 bits per heavy atom. The molecule has 0 radical (unpaired) electrons. The quantitative estimate of drug-likeness (QED) is 0.720. The summed E-state index contributed by atoms with van der Waals surface area (Å²) in [6, 6.07) is 13.6. The number of sulfonamides is 1. The van der Waals surface area contributed by atoms with Crippen LogP contribution in [0.3, 0.4) is 0 Å². The summed E-state index contributed by atoms with van der Waals surface area (Å²) in [7, 11) is -3.78. The number of carbonyl (C=O) groups is 2. The fourth-order valence-corrected chi connectivity index (χ4v) is 5.43. The van der Waals surface area contributed by atoms with E-state index >= 15 is 0 Å².